The van der Waals surface area contributed by atoms with Crippen LogP contribution in [0.2, 0.25) is 0 Å². The summed E-state index contributed by atoms with van der Waals surface area (Å²) in [6.45, 7) is 4.39. The molecule has 13 heteroatoms. The molecule has 0 saturated heterocycles. The van der Waals surface area contributed by atoms with Crippen molar-refractivity contribution >= 4 is 40.0 Å². The molecule has 0 heterocycles. The minimum Gasteiger partial charge on any atom is -0.494 e. The largest absolute Gasteiger partial charge is 0.494 e. The number of carbonyl (C=O) groups excluding carboxylic acids is 1. The van der Waals surface area contributed by atoms with Gasteiger partial charge in [0, 0.05) is 32.1 Å². The van der Waals surface area contributed by atoms with Crippen LogP contribution in [0.25, 0.3) is 0 Å². The summed E-state index contributed by atoms with van der Waals surface area (Å²) >= 11 is 0. The Bertz CT molecular complexity index is 1370. The van der Waals surface area contributed by atoms with E-state index in [9.17, 15) is 29.4 Å². The molecule has 0 spiro atoms. The number of nitrogens with zero attached hydrogens (tertiary/aromatic N) is 5. The van der Waals surface area contributed by atoms with Crippen LogP contribution in [0.1, 0.15) is 19.4 Å². The molecule has 0 fully saturated rings. The standard InChI is InChI=1S/C24H23FN6O6/c1-4-29(14-16-8-6-5-7-9-16)23-11-18(26-15(2)32)19(12-24(23)37-3)27-28-20-10-17(25)21(30(33)34)13-22(20)31(35)36/h5-13H,4,14H2,1-3H3,(H,26,32)/b28-27+. The van der Waals surface area contributed by atoms with E-state index >= 15 is 0 Å². The topological polar surface area (TPSA) is 153 Å². The maximum Gasteiger partial charge on any atom is 0.311 e. The maximum atomic E-state index is 14.2. The first kappa shape index (κ1) is 26.7. The summed E-state index contributed by atoms with van der Waals surface area (Å²) in [5.74, 6) is -1.34. The highest BCUT2D eigenvalue weighted by Gasteiger charge is 2.25. The van der Waals surface area contributed by atoms with Crippen molar-refractivity contribution in [3.05, 3.63) is 86.2 Å². The van der Waals surface area contributed by atoms with Crippen molar-refractivity contribution in [3.8, 4) is 5.75 Å². The van der Waals surface area contributed by atoms with Gasteiger partial charge in [-0.2, -0.15) is 4.39 Å². The van der Waals surface area contributed by atoms with E-state index in [-0.39, 0.29) is 11.4 Å². The summed E-state index contributed by atoms with van der Waals surface area (Å²) in [7, 11) is 1.45. The minimum atomic E-state index is -1.31. The molecule has 0 saturated carbocycles. The van der Waals surface area contributed by atoms with Crippen molar-refractivity contribution in [2.75, 3.05) is 23.9 Å². The third kappa shape index (κ3) is 6.39. The highest BCUT2D eigenvalue weighted by molar-refractivity contribution is 5.93. The van der Waals surface area contributed by atoms with E-state index < -0.39 is 38.6 Å². The number of nitro benzene ring substituents is 2. The molecular weight excluding hydrogens is 487 g/mol. The average molecular weight is 510 g/mol. The fourth-order valence-corrected chi connectivity index (χ4v) is 3.53. The Labute approximate surface area is 210 Å². The number of anilines is 2. The van der Waals surface area contributed by atoms with Crippen LogP contribution >= 0.6 is 0 Å². The lowest BCUT2D eigenvalue weighted by molar-refractivity contribution is -0.395. The molecule has 0 radical (unpaired) electrons. The zero-order valence-corrected chi connectivity index (χ0v) is 20.2. The van der Waals surface area contributed by atoms with E-state index in [1.807, 2.05) is 42.2 Å². The first-order chi connectivity index (χ1) is 17.6. The monoisotopic (exact) mass is 510 g/mol. The third-order valence-corrected chi connectivity index (χ3v) is 5.25. The molecule has 0 aliphatic carbocycles. The molecule has 0 aliphatic heterocycles. The van der Waals surface area contributed by atoms with Gasteiger partial charge in [-0.1, -0.05) is 30.3 Å². The third-order valence-electron chi connectivity index (χ3n) is 5.25. The van der Waals surface area contributed by atoms with Gasteiger partial charge >= 0.3 is 11.4 Å². The van der Waals surface area contributed by atoms with Gasteiger partial charge in [-0.15, -0.1) is 10.2 Å². The Hall–Kier alpha value is -4.94. The van der Waals surface area contributed by atoms with Gasteiger partial charge in [0.25, 0.3) is 0 Å². The van der Waals surface area contributed by atoms with Crippen molar-refractivity contribution in [3.63, 3.8) is 0 Å². The van der Waals surface area contributed by atoms with Crippen LogP contribution < -0.4 is 15.0 Å². The number of ether oxygens (including phenoxy) is 1. The van der Waals surface area contributed by atoms with Crippen LogP contribution in [0.5, 0.6) is 5.75 Å². The SMILES string of the molecule is CCN(Cc1ccccc1)c1cc(NC(C)=O)c(/N=N/c2cc(F)c([N+](=O)[O-])cc2[N+](=O)[O-])cc1OC. The predicted molar refractivity (Wildman–Crippen MR) is 134 cm³/mol. The van der Waals surface area contributed by atoms with E-state index in [0.717, 1.165) is 5.56 Å². The molecule has 3 aromatic carbocycles. The maximum absolute atomic E-state index is 14.2. The number of hydrogen-bond acceptors (Lipinski definition) is 9. The molecule has 3 rings (SSSR count). The van der Waals surface area contributed by atoms with Gasteiger partial charge < -0.3 is 15.0 Å². The Kier molecular flexibility index (Phi) is 8.40. The number of benzene rings is 3. The number of hydrogen-bond donors (Lipinski definition) is 1. The number of rotatable bonds is 10. The molecule has 0 aromatic heterocycles. The first-order valence-corrected chi connectivity index (χ1v) is 11.0. The van der Waals surface area contributed by atoms with Crippen molar-refractivity contribution in [1.82, 2.24) is 0 Å². The molecule has 192 valence electrons. The Balaban J connectivity index is 2.09. The summed E-state index contributed by atoms with van der Waals surface area (Å²) in [6.07, 6.45) is 0. The highest BCUT2D eigenvalue weighted by Crippen LogP contribution is 2.41. The minimum absolute atomic E-state index is 0.0691. The lowest BCUT2D eigenvalue weighted by Crippen LogP contribution is -2.23. The highest BCUT2D eigenvalue weighted by atomic mass is 19.1. The van der Waals surface area contributed by atoms with Crippen LogP contribution in [0.15, 0.2) is 64.8 Å². The van der Waals surface area contributed by atoms with Crippen molar-refractivity contribution in [1.29, 1.82) is 0 Å². The Morgan fingerprint density at radius 3 is 2.24 bits per heavy atom. The second-order valence-corrected chi connectivity index (χ2v) is 7.73. The summed E-state index contributed by atoms with van der Waals surface area (Å²) in [4.78, 5) is 34.3. The van der Waals surface area contributed by atoms with Crippen LogP contribution in [0.4, 0.5) is 38.5 Å². The lowest BCUT2D eigenvalue weighted by atomic mass is 10.1. The van der Waals surface area contributed by atoms with Crippen LogP contribution in [0, 0.1) is 26.0 Å². The van der Waals surface area contributed by atoms with Crippen molar-refractivity contribution in [2.24, 2.45) is 10.2 Å². The zero-order chi connectivity index (χ0) is 27.1. The summed E-state index contributed by atoms with van der Waals surface area (Å²) in [5, 5.41) is 32.8. The van der Waals surface area contributed by atoms with Crippen LogP contribution in [-0.4, -0.2) is 29.4 Å². The predicted octanol–water partition coefficient (Wildman–Crippen LogP) is 6.05. The van der Waals surface area contributed by atoms with Gasteiger partial charge in [0.2, 0.25) is 11.7 Å². The van der Waals surface area contributed by atoms with Gasteiger partial charge in [-0.05, 0) is 18.6 Å². The Morgan fingerprint density at radius 1 is 1.03 bits per heavy atom. The number of nitro groups is 2. The van der Waals surface area contributed by atoms with Crippen molar-refractivity contribution < 1.29 is 23.8 Å². The smallest absolute Gasteiger partial charge is 0.311 e. The summed E-state index contributed by atoms with van der Waals surface area (Å²) < 4.78 is 19.7. The lowest BCUT2D eigenvalue weighted by Gasteiger charge is -2.26. The summed E-state index contributed by atoms with van der Waals surface area (Å²) in [6, 6.07) is 13.9. The van der Waals surface area contributed by atoms with Gasteiger partial charge in [-0.3, -0.25) is 25.0 Å². The fourth-order valence-electron chi connectivity index (χ4n) is 3.53. The number of halogens is 1. The number of azo groups is 1. The van der Waals surface area contributed by atoms with Crippen LogP contribution in [0.3, 0.4) is 0 Å². The fraction of sp³-hybridized carbons (Fsp3) is 0.208. The molecule has 0 atom stereocenters. The second kappa shape index (κ2) is 11.7. The number of methoxy groups -OCH3 is 1. The van der Waals surface area contributed by atoms with Gasteiger partial charge in [0.1, 0.15) is 11.4 Å². The first-order valence-electron chi connectivity index (χ1n) is 11.0. The summed E-state index contributed by atoms with van der Waals surface area (Å²) in [5.41, 5.74) is -0.421. The molecule has 0 bridgehead atoms. The Morgan fingerprint density at radius 2 is 1.68 bits per heavy atom. The van der Waals surface area contributed by atoms with E-state index in [1.54, 1.807) is 6.07 Å². The molecule has 3 aromatic rings. The van der Waals surface area contributed by atoms with E-state index in [1.165, 1.54) is 20.1 Å². The van der Waals surface area contributed by atoms with Gasteiger partial charge in [-0.25, -0.2) is 0 Å². The molecule has 1 amide bonds. The molecule has 0 aliphatic rings. The number of amides is 1. The molecule has 37 heavy (non-hydrogen) atoms. The number of nitrogens with one attached hydrogen (secondary N) is 1. The normalized spacial score (nSPS) is 10.8. The van der Waals surface area contributed by atoms with Gasteiger partial charge in [0.05, 0.1) is 34.4 Å². The van der Waals surface area contributed by atoms with E-state index in [4.69, 9.17) is 4.74 Å². The molecule has 12 nitrogen and oxygen atoms in total. The van der Waals surface area contributed by atoms with Crippen molar-refractivity contribution in [2.45, 2.75) is 20.4 Å². The van der Waals surface area contributed by atoms with E-state index in [2.05, 4.69) is 15.5 Å². The number of carbonyl (C=O) groups is 1. The van der Waals surface area contributed by atoms with Crippen LogP contribution in [-0.2, 0) is 11.3 Å². The molecule has 1 N–H and O–H groups in total. The average Bonchev–Trinajstić information content (AvgIpc) is 2.86. The molecule has 0 unspecified atom stereocenters. The second-order valence-electron chi connectivity index (χ2n) is 7.73. The quantitative estimate of drug-likeness (QED) is 0.198. The zero-order valence-electron chi connectivity index (χ0n) is 20.2. The van der Waals surface area contributed by atoms with E-state index in [0.29, 0.717) is 36.7 Å². The molecular formula is C24H23FN6O6. The van der Waals surface area contributed by atoms with Gasteiger partial charge in [0.15, 0.2) is 5.69 Å².